The van der Waals surface area contributed by atoms with Crippen LogP contribution in [0.5, 0.6) is 0 Å². The molecule has 2 fully saturated rings. The van der Waals surface area contributed by atoms with Crippen LogP contribution in [0.4, 0.5) is 5.69 Å². The molecular weight excluding hydrogens is 302 g/mol. The molecule has 1 aromatic carbocycles. The molecule has 1 aromatic rings. The van der Waals surface area contributed by atoms with E-state index in [-0.39, 0.29) is 5.91 Å². The van der Waals surface area contributed by atoms with Gasteiger partial charge in [0.2, 0.25) is 5.91 Å². The number of nitrogens with zero attached hydrogens (tertiary/aromatic N) is 2. The van der Waals surface area contributed by atoms with Gasteiger partial charge < -0.3 is 15.1 Å². The van der Waals surface area contributed by atoms with Gasteiger partial charge in [-0.1, -0.05) is 18.2 Å². The molecule has 0 bridgehead atoms. The van der Waals surface area contributed by atoms with Gasteiger partial charge in [0.1, 0.15) is 0 Å². The second-order valence-electron chi connectivity index (χ2n) is 6.73. The van der Waals surface area contributed by atoms with Crippen LogP contribution in [0.2, 0.25) is 0 Å². The van der Waals surface area contributed by atoms with Crippen LogP contribution in [-0.4, -0.2) is 62.7 Å². The summed E-state index contributed by atoms with van der Waals surface area (Å²) in [5.74, 6) is 0.862. The number of para-hydroxylation sites is 1. The minimum absolute atomic E-state index is 0.269. The lowest BCUT2D eigenvalue weighted by atomic mass is 10.0. The van der Waals surface area contributed by atoms with Gasteiger partial charge in [-0.25, -0.2) is 0 Å². The Morgan fingerprint density at radius 3 is 2.62 bits per heavy atom. The van der Waals surface area contributed by atoms with Gasteiger partial charge in [0, 0.05) is 69.9 Å². The molecule has 0 spiro atoms. The van der Waals surface area contributed by atoms with Crippen molar-refractivity contribution in [2.75, 3.05) is 50.7 Å². The highest BCUT2D eigenvalue weighted by Gasteiger charge is 2.23. The van der Waals surface area contributed by atoms with E-state index in [9.17, 15) is 4.79 Å². The molecule has 24 heavy (non-hydrogen) atoms. The molecule has 3 rings (SSSR count). The van der Waals surface area contributed by atoms with E-state index < -0.39 is 0 Å². The van der Waals surface area contributed by atoms with Gasteiger partial charge in [0.15, 0.2) is 0 Å². The maximum atomic E-state index is 12.3. The second-order valence-corrected chi connectivity index (χ2v) is 6.73. The summed E-state index contributed by atoms with van der Waals surface area (Å²) in [6.07, 6.45) is 0.591. The molecule has 2 atom stereocenters. The van der Waals surface area contributed by atoms with Crippen LogP contribution in [0, 0.1) is 5.92 Å². The van der Waals surface area contributed by atoms with E-state index in [4.69, 9.17) is 0 Å². The summed E-state index contributed by atoms with van der Waals surface area (Å²) < 4.78 is 0. The van der Waals surface area contributed by atoms with Gasteiger partial charge in [-0.15, -0.1) is 0 Å². The molecule has 0 aliphatic carbocycles. The number of hydrogen-bond donors (Lipinski definition) is 3. The highest BCUT2D eigenvalue weighted by Crippen LogP contribution is 2.15. The van der Waals surface area contributed by atoms with Gasteiger partial charge in [0.25, 0.3) is 0 Å². The molecular formula is C18H29N5O. The average molecular weight is 331 g/mol. The van der Waals surface area contributed by atoms with Crippen molar-refractivity contribution >= 4 is 11.6 Å². The van der Waals surface area contributed by atoms with E-state index in [0.717, 1.165) is 45.8 Å². The third kappa shape index (κ3) is 4.47. The van der Waals surface area contributed by atoms with Crippen molar-refractivity contribution in [3.8, 4) is 0 Å². The van der Waals surface area contributed by atoms with Crippen molar-refractivity contribution in [1.29, 1.82) is 0 Å². The smallest absolute Gasteiger partial charge is 0.223 e. The summed E-state index contributed by atoms with van der Waals surface area (Å²) in [5.41, 5.74) is 7.64. The normalized spacial score (nSPS) is 24.4. The number of nitrogens with one attached hydrogen (secondary N) is 3. The predicted octanol–water partition coefficient (Wildman–Crippen LogP) is 0.427. The largest absolute Gasteiger partial charge is 0.368 e. The van der Waals surface area contributed by atoms with Gasteiger partial charge in [-0.05, 0) is 19.1 Å². The molecule has 6 nitrogen and oxygen atoms in total. The lowest BCUT2D eigenvalue weighted by Gasteiger charge is -2.36. The van der Waals surface area contributed by atoms with Crippen LogP contribution >= 0.6 is 0 Å². The van der Waals surface area contributed by atoms with Gasteiger partial charge in [0.05, 0.1) is 0 Å². The van der Waals surface area contributed by atoms with E-state index in [1.165, 1.54) is 5.69 Å². The number of amides is 1. The summed E-state index contributed by atoms with van der Waals surface area (Å²) in [6.45, 7) is 8.37. The van der Waals surface area contributed by atoms with Crippen LogP contribution in [0.25, 0.3) is 0 Å². The molecule has 2 aliphatic rings. The molecule has 6 heteroatoms. The zero-order valence-electron chi connectivity index (χ0n) is 14.5. The minimum atomic E-state index is 0.269. The van der Waals surface area contributed by atoms with E-state index >= 15 is 0 Å². The number of hydrogen-bond acceptors (Lipinski definition) is 5. The van der Waals surface area contributed by atoms with Crippen molar-refractivity contribution in [3.05, 3.63) is 30.3 Å². The van der Waals surface area contributed by atoms with Gasteiger partial charge >= 0.3 is 0 Å². The molecule has 0 aromatic heterocycles. The minimum Gasteiger partial charge on any atom is -0.368 e. The average Bonchev–Trinajstić information content (AvgIpc) is 3.04. The summed E-state index contributed by atoms with van der Waals surface area (Å²) in [4.78, 5) is 16.7. The number of piperazine rings is 1. The van der Waals surface area contributed by atoms with Crippen molar-refractivity contribution in [2.45, 2.75) is 19.4 Å². The third-order valence-corrected chi connectivity index (χ3v) is 5.08. The van der Waals surface area contributed by atoms with Crippen LogP contribution in [0.1, 0.15) is 13.3 Å². The lowest BCUT2D eigenvalue weighted by Crippen LogP contribution is -2.49. The maximum Gasteiger partial charge on any atom is 0.223 e. The standard InChI is InChI=1S/C18H29N5O/c1-15-16(14-20-21-15)13-19-8-7-18(24)23-11-9-22(10-12-23)17-5-3-2-4-6-17/h2-6,15-16,19-21H,7-14H2,1H3. The zero-order chi connectivity index (χ0) is 16.8. The Hall–Kier alpha value is -1.63. The fourth-order valence-corrected chi connectivity index (χ4v) is 3.39. The monoisotopic (exact) mass is 331 g/mol. The van der Waals surface area contributed by atoms with Gasteiger partial charge in [-0.2, -0.15) is 0 Å². The molecule has 2 heterocycles. The zero-order valence-corrected chi connectivity index (χ0v) is 14.5. The van der Waals surface area contributed by atoms with E-state index in [1.807, 2.05) is 11.0 Å². The molecule has 0 radical (unpaired) electrons. The van der Waals surface area contributed by atoms with Crippen molar-refractivity contribution in [1.82, 2.24) is 21.1 Å². The quantitative estimate of drug-likeness (QED) is 0.660. The summed E-state index contributed by atoms with van der Waals surface area (Å²) in [5, 5.41) is 3.42. The number of anilines is 1. The van der Waals surface area contributed by atoms with Crippen LogP contribution < -0.4 is 21.1 Å². The van der Waals surface area contributed by atoms with E-state index in [1.54, 1.807) is 0 Å². The number of hydrazine groups is 1. The van der Waals surface area contributed by atoms with Crippen molar-refractivity contribution in [2.24, 2.45) is 5.92 Å². The fraction of sp³-hybridized carbons (Fsp3) is 0.611. The summed E-state index contributed by atoms with van der Waals surface area (Å²) in [6, 6.07) is 10.9. The van der Waals surface area contributed by atoms with Gasteiger partial charge in [-0.3, -0.25) is 15.6 Å². The maximum absolute atomic E-state index is 12.3. The van der Waals surface area contributed by atoms with Crippen molar-refractivity contribution in [3.63, 3.8) is 0 Å². The molecule has 132 valence electrons. The molecule has 3 N–H and O–H groups in total. The number of rotatable bonds is 6. The Balaban J connectivity index is 1.33. The van der Waals surface area contributed by atoms with E-state index in [2.05, 4.69) is 52.3 Å². The van der Waals surface area contributed by atoms with Crippen molar-refractivity contribution < 1.29 is 4.79 Å². The van der Waals surface area contributed by atoms with Crippen LogP contribution in [-0.2, 0) is 4.79 Å². The molecule has 0 saturated carbocycles. The Morgan fingerprint density at radius 2 is 1.96 bits per heavy atom. The molecule has 2 unspecified atom stereocenters. The first-order valence-corrected chi connectivity index (χ1v) is 9.01. The van der Waals surface area contributed by atoms with Crippen LogP contribution in [0.15, 0.2) is 30.3 Å². The Morgan fingerprint density at radius 1 is 1.21 bits per heavy atom. The first kappa shape index (κ1) is 17.2. The topological polar surface area (TPSA) is 59.6 Å². The third-order valence-electron chi connectivity index (χ3n) is 5.08. The lowest BCUT2D eigenvalue weighted by molar-refractivity contribution is -0.131. The Kier molecular flexibility index (Phi) is 6.07. The number of carbonyl (C=O) groups is 1. The Labute approximate surface area is 144 Å². The summed E-state index contributed by atoms with van der Waals surface area (Å²) >= 11 is 0. The predicted molar refractivity (Wildman–Crippen MR) is 96.8 cm³/mol. The highest BCUT2D eigenvalue weighted by molar-refractivity contribution is 5.76. The van der Waals surface area contributed by atoms with E-state index in [0.29, 0.717) is 18.4 Å². The number of benzene rings is 1. The fourth-order valence-electron chi connectivity index (χ4n) is 3.39. The number of carbonyl (C=O) groups excluding carboxylic acids is 1. The summed E-state index contributed by atoms with van der Waals surface area (Å²) in [7, 11) is 0. The second kappa shape index (κ2) is 8.46. The molecule has 1 amide bonds. The van der Waals surface area contributed by atoms with Crippen LogP contribution in [0.3, 0.4) is 0 Å². The SMILES string of the molecule is CC1NNCC1CNCCC(=O)N1CCN(c2ccccc2)CC1. The molecule has 2 aliphatic heterocycles. The highest BCUT2D eigenvalue weighted by atomic mass is 16.2. The Bertz CT molecular complexity index is 515. The first-order chi connectivity index (χ1) is 11.7. The molecule has 2 saturated heterocycles. The first-order valence-electron chi connectivity index (χ1n) is 9.01.